The molecule has 1 aliphatic rings. The molecule has 0 radical (unpaired) electrons. The van der Waals surface area contributed by atoms with Crippen molar-refractivity contribution >= 4 is 20.0 Å². The predicted molar refractivity (Wildman–Crippen MR) is 183 cm³/mol. The lowest BCUT2D eigenvalue weighted by Crippen LogP contribution is -2.38. The van der Waals surface area contributed by atoms with E-state index in [1.54, 1.807) is 44.6 Å². The average molecular weight is 696 g/mol. The fraction of sp³-hybridized carbons (Fsp3) is 0.216. The molecule has 1 aliphatic heterocycles. The van der Waals surface area contributed by atoms with Crippen molar-refractivity contribution in [3.05, 3.63) is 154 Å². The number of aromatic nitrogens is 2. The van der Waals surface area contributed by atoms with Crippen molar-refractivity contribution in [1.29, 1.82) is 0 Å². The van der Waals surface area contributed by atoms with E-state index in [0.717, 1.165) is 16.7 Å². The van der Waals surface area contributed by atoms with Crippen LogP contribution in [0.15, 0.2) is 131 Å². The molecular formula is C37H34N3O9P. The number of benzene rings is 4. The molecule has 0 spiro atoms. The van der Waals surface area contributed by atoms with Gasteiger partial charge in [-0.25, -0.2) is 9.79 Å². The third kappa shape index (κ3) is 7.50. The lowest BCUT2D eigenvalue weighted by Gasteiger charge is -2.37. The first-order valence-corrected chi connectivity index (χ1v) is 16.8. The van der Waals surface area contributed by atoms with Gasteiger partial charge in [0.2, 0.25) is 0 Å². The van der Waals surface area contributed by atoms with Crippen LogP contribution in [0.5, 0.6) is 11.5 Å². The maximum absolute atomic E-state index is 13.2. The summed E-state index contributed by atoms with van der Waals surface area (Å²) in [5.74, 6) is 0.723. The van der Waals surface area contributed by atoms with Gasteiger partial charge in [-0.15, -0.1) is 9.42 Å². The van der Waals surface area contributed by atoms with E-state index in [0.29, 0.717) is 17.1 Å². The Balaban J connectivity index is 1.33. The quantitative estimate of drug-likeness (QED) is 0.0768. The zero-order valence-corrected chi connectivity index (χ0v) is 28.1. The van der Waals surface area contributed by atoms with E-state index >= 15 is 0 Å². The Bertz CT molecular complexity index is 1940. The first-order valence-electron chi connectivity index (χ1n) is 15.7. The van der Waals surface area contributed by atoms with Gasteiger partial charge in [0.05, 0.1) is 20.8 Å². The molecule has 6 rings (SSSR count). The Kier molecular flexibility index (Phi) is 10.8. The summed E-state index contributed by atoms with van der Waals surface area (Å²) in [4.78, 5) is 30.8. The second kappa shape index (κ2) is 15.5. The molecule has 13 heteroatoms. The summed E-state index contributed by atoms with van der Waals surface area (Å²) in [6, 6.07) is 34.5. The van der Waals surface area contributed by atoms with Gasteiger partial charge in [0.1, 0.15) is 35.5 Å². The number of methoxy groups -OCH3 is 2. The van der Waals surface area contributed by atoms with Crippen molar-refractivity contribution in [3.8, 4) is 11.5 Å². The minimum Gasteiger partial charge on any atom is -0.858 e. The standard InChI is InChI=1S/C37H34N3O9P/c1-45-29-17-13-27(14-18-29)37(26-11-7-4-8-12-26,28-15-19-30(46-2)20-16-28)47-24-32-31(49-50(43)44)23-34(48-32)40-22-21-33(39-36(40)42)38-35(41)25-9-5-3-6-10-25/h3-22,31-32,34H,23-24H2,1-2H3,(H-,38,39,41,42,43,44)/t31-,32+,34+/m0/s1. The van der Waals surface area contributed by atoms with Gasteiger partial charge in [-0.05, 0) is 58.5 Å². The fourth-order valence-electron chi connectivity index (χ4n) is 5.96. The van der Waals surface area contributed by atoms with Crippen molar-refractivity contribution < 1.29 is 38.0 Å². The molecule has 0 saturated carbocycles. The van der Waals surface area contributed by atoms with Crippen molar-refractivity contribution in [1.82, 2.24) is 9.55 Å². The Labute approximate surface area is 289 Å². The topological polar surface area (TPSA) is 154 Å². The van der Waals surface area contributed by atoms with Crippen LogP contribution in [0.2, 0.25) is 0 Å². The minimum atomic E-state index is -3.02. The van der Waals surface area contributed by atoms with E-state index in [9.17, 15) is 19.4 Å². The molecule has 1 aromatic heterocycles. The highest BCUT2D eigenvalue weighted by molar-refractivity contribution is 7.32. The molecule has 1 fully saturated rings. The highest BCUT2D eigenvalue weighted by atomic mass is 31.1. The van der Waals surface area contributed by atoms with E-state index in [1.165, 1.54) is 16.8 Å². The summed E-state index contributed by atoms with van der Waals surface area (Å²) >= 11 is 0. The normalized spacial score (nSPS) is 18.1. The number of hydrogen-bond acceptors (Lipinski definition) is 10. The number of nitrogens with zero attached hydrogens (tertiary/aromatic N) is 3. The van der Waals surface area contributed by atoms with E-state index in [2.05, 4.69) is 9.98 Å². The predicted octanol–water partition coefficient (Wildman–Crippen LogP) is 5.03. The van der Waals surface area contributed by atoms with E-state index < -0.39 is 43.9 Å². The first kappa shape index (κ1) is 34.6. The van der Waals surface area contributed by atoms with Crippen molar-refractivity contribution in [2.45, 2.75) is 30.5 Å². The zero-order valence-electron chi connectivity index (χ0n) is 27.2. The summed E-state index contributed by atoms with van der Waals surface area (Å²) in [7, 11) is 0.159. The summed E-state index contributed by atoms with van der Waals surface area (Å²) in [5.41, 5.74) is 0.801. The summed E-state index contributed by atoms with van der Waals surface area (Å²) < 4.78 is 42.7. The fourth-order valence-corrected chi connectivity index (χ4v) is 6.42. The minimum absolute atomic E-state index is 0.0418. The molecule has 0 amide bonds. The monoisotopic (exact) mass is 695 g/mol. The average Bonchev–Trinajstić information content (AvgIpc) is 3.54. The Hall–Kier alpha value is -5.23. The third-order valence-corrected chi connectivity index (χ3v) is 8.86. The van der Waals surface area contributed by atoms with Gasteiger partial charge < -0.3 is 24.1 Å². The summed E-state index contributed by atoms with van der Waals surface area (Å²) in [5, 5.41) is 12.5. The summed E-state index contributed by atoms with van der Waals surface area (Å²) in [6.45, 7) is -0.113. The largest absolute Gasteiger partial charge is 0.858 e. The maximum atomic E-state index is 13.2. The van der Waals surface area contributed by atoms with E-state index in [-0.39, 0.29) is 18.8 Å². The molecule has 1 N–H and O–H groups in total. The molecular weight excluding hydrogens is 661 g/mol. The van der Waals surface area contributed by atoms with E-state index in [1.807, 2.05) is 78.9 Å². The molecule has 4 atom stereocenters. The number of rotatable bonds is 13. The Morgan fingerprint density at radius 1 is 0.900 bits per heavy atom. The molecule has 256 valence electrons. The second-order valence-electron chi connectivity index (χ2n) is 11.3. The molecule has 50 heavy (non-hydrogen) atoms. The van der Waals surface area contributed by atoms with Crippen LogP contribution in [0.25, 0.3) is 0 Å². The molecule has 0 bridgehead atoms. The van der Waals surface area contributed by atoms with Gasteiger partial charge >= 0.3 is 13.9 Å². The van der Waals surface area contributed by atoms with Crippen LogP contribution in [-0.4, -0.2) is 53.4 Å². The third-order valence-electron chi connectivity index (χ3n) is 8.41. The second-order valence-corrected chi connectivity index (χ2v) is 12.0. The lowest BCUT2D eigenvalue weighted by atomic mass is 9.80. The first-order chi connectivity index (χ1) is 24.3. The number of aliphatic imine (C=N–C) groups is 1. The molecule has 5 aromatic rings. The van der Waals surface area contributed by atoms with Gasteiger partial charge in [0, 0.05) is 17.2 Å². The van der Waals surface area contributed by atoms with Gasteiger partial charge in [0.25, 0.3) is 0 Å². The zero-order chi connectivity index (χ0) is 35.1. The molecule has 4 aromatic carbocycles. The van der Waals surface area contributed by atoms with Crippen LogP contribution in [-0.2, 0) is 24.2 Å². The summed E-state index contributed by atoms with van der Waals surface area (Å²) in [6.07, 6.45) is -1.28. The van der Waals surface area contributed by atoms with Crippen LogP contribution >= 0.6 is 8.25 Å². The van der Waals surface area contributed by atoms with Crippen molar-refractivity contribution in [3.63, 3.8) is 0 Å². The maximum Gasteiger partial charge on any atom is 0.695 e. The smallest absolute Gasteiger partial charge is 0.695 e. The van der Waals surface area contributed by atoms with Crippen LogP contribution in [0.1, 0.15) is 34.9 Å². The number of hydrogen-bond donors (Lipinski definition) is 1. The number of ether oxygens (including phenoxy) is 4. The van der Waals surface area contributed by atoms with Gasteiger partial charge in [0.15, 0.2) is 5.82 Å². The van der Waals surface area contributed by atoms with Crippen LogP contribution in [0.3, 0.4) is 0 Å². The molecule has 2 heterocycles. The molecule has 1 saturated heterocycles. The van der Waals surface area contributed by atoms with Gasteiger partial charge in [-0.3, -0.25) is 4.57 Å². The van der Waals surface area contributed by atoms with Gasteiger partial charge in [-0.1, -0.05) is 84.9 Å². The van der Waals surface area contributed by atoms with Crippen LogP contribution < -0.4 is 20.3 Å². The van der Waals surface area contributed by atoms with E-state index in [4.69, 9.17) is 23.5 Å². The Morgan fingerprint density at radius 3 is 2.00 bits per heavy atom. The van der Waals surface area contributed by atoms with Crippen LogP contribution in [0.4, 0.5) is 5.82 Å². The van der Waals surface area contributed by atoms with Crippen molar-refractivity contribution in [2.24, 2.45) is 4.99 Å². The molecule has 1 unspecified atom stereocenters. The highest BCUT2D eigenvalue weighted by Gasteiger charge is 2.46. The Morgan fingerprint density at radius 2 is 1.46 bits per heavy atom. The van der Waals surface area contributed by atoms with Crippen LogP contribution in [0, 0.1) is 0 Å². The molecule has 0 aliphatic carbocycles. The SMILES string of the molecule is COc1ccc(C(OC[C@H]2O[C@@H](n3ccc(N=C([O-])c4ccccc4)nc3=O)C[C@@H]2O[P+](=O)O)(c2ccccc2)c2ccc(OC)cc2)cc1. The lowest BCUT2D eigenvalue weighted by molar-refractivity contribution is -0.212. The van der Waals surface area contributed by atoms with Gasteiger partial charge in [-0.2, -0.15) is 4.98 Å². The molecule has 12 nitrogen and oxygen atoms in total. The highest BCUT2D eigenvalue weighted by Crippen LogP contribution is 2.43. The van der Waals surface area contributed by atoms with Crippen molar-refractivity contribution in [2.75, 3.05) is 20.8 Å².